The van der Waals surface area contributed by atoms with Gasteiger partial charge in [-0.2, -0.15) is 5.10 Å². The highest BCUT2D eigenvalue weighted by Gasteiger charge is 2.22. The van der Waals surface area contributed by atoms with Crippen molar-refractivity contribution < 1.29 is 14.7 Å². The first kappa shape index (κ1) is 16.2. The van der Waals surface area contributed by atoms with Gasteiger partial charge in [0.15, 0.2) is 0 Å². The fourth-order valence-corrected chi connectivity index (χ4v) is 2.06. The number of aromatic nitrogens is 2. The van der Waals surface area contributed by atoms with Gasteiger partial charge in [0.25, 0.3) is 5.91 Å². The van der Waals surface area contributed by atoms with Gasteiger partial charge in [0.2, 0.25) is 0 Å². The number of carbonyl (C=O) groups excluding carboxylic acids is 1. The summed E-state index contributed by atoms with van der Waals surface area (Å²) >= 11 is 0. The highest BCUT2D eigenvalue weighted by molar-refractivity contribution is 6.03. The first-order valence-electron chi connectivity index (χ1n) is 6.89. The number of carboxylic acids is 1. The fourth-order valence-electron chi connectivity index (χ4n) is 2.06. The molecule has 0 unspecified atom stereocenters. The number of amides is 1. The van der Waals surface area contributed by atoms with E-state index in [1.54, 1.807) is 7.05 Å². The van der Waals surface area contributed by atoms with Crippen molar-refractivity contribution in [3.63, 3.8) is 0 Å². The van der Waals surface area contributed by atoms with Gasteiger partial charge in [-0.05, 0) is 19.3 Å². The Morgan fingerprint density at radius 2 is 2.00 bits per heavy atom. The van der Waals surface area contributed by atoms with Gasteiger partial charge in [-0.15, -0.1) is 0 Å². The molecule has 0 spiro atoms. The van der Waals surface area contributed by atoms with Crippen LogP contribution in [-0.4, -0.2) is 32.8 Å². The number of aromatic carboxylic acids is 1. The Labute approximate surface area is 119 Å². The van der Waals surface area contributed by atoms with E-state index >= 15 is 0 Å². The summed E-state index contributed by atoms with van der Waals surface area (Å²) in [5.41, 5.74) is 0.0209. The molecule has 0 aliphatic rings. The minimum atomic E-state index is -1.14. The third-order valence-electron chi connectivity index (χ3n) is 3.18. The van der Waals surface area contributed by atoms with Gasteiger partial charge in [-0.3, -0.25) is 9.48 Å². The van der Waals surface area contributed by atoms with Gasteiger partial charge >= 0.3 is 5.97 Å². The number of carboxylic acid groups (broad SMARTS) is 1. The van der Waals surface area contributed by atoms with E-state index in [2.05, 4.69) is 24.3 Å². The second-order valence-electron chi connectivity index (χ2n) is 5.53. The Morgan fingerprint density at radius 1 is 1.35 bits per heavy atom. The van der Waals surface area contributed by atoms with Crippen molar-refractivity contribution in [2.75, 3.05) is 0 Å². The van der Waals surface area contributed by atoms with Crippen molar-refractivity contribution in [2.45, 2.75) is 46.1 Å². The number of nitrogens with one attached hydrogen (secondary N) is 1. The van der Waals surface area contributed by atoms with Crippen molar-refractivity contribution >= 4 is 11.9 Å². The molecule has 1 amide bonds. The third-order valence-corrected chi connectivity index (χ3v) is 3.18. The summed E-state index contributed by atoms with van der Waals surface area (Å²) in [7, 11) is 1.56. The molecule has 1 heterocycles. The number of aryl methyl sites for hydroxylation is 1. The van der Waals surface area contributed by atoms with Crippen LogP contribution in [0.5, 0.6) is 0 Å². The molecule has 6 heteroatoms. The maximum absolute atomic E-state index is 12.1. The van der Waals surface area contributed by atoms with Crippen molar-refractivity contribution in [3.8, 4) is 0 Å². The summed E-state index contributed by atoms with van der Waals surface area (Å²) in [6.45, 7) is 6.26. The highest BCUT2D eigenvalue weighted by Crippen LogP contribution is 2.11. The second kappa shape index (κ2) is 7.07. The number of rotatable bonds is 7. The van der Waals surface area contributed by atoms with E-state index in [0.29, 0.717) is 5.92 Å². The molecular formula is C14H23N3O3. The molecule has 0 saturated carbocycles. The van der Waals surface area contributed by atoms with Gasteiger partial charge in [0.1, 0.15) is 11.3 Å². The molecule has 1 rings (SSSR count). The Hall–Kier alpha value is -1.85. The van der Waals surface area contributed by atoms with Gasteiger partial charge < -0.3 is 10.4 Å². The normalized spacial score (nSPS) is 12.4. The lowest BCUT2D eigenvalue weighted by atomic mass is 10.0. The molecule has 2 N–H and O–H groups in total. The molecule has 0 radical (unpaired) electrons. The summed E-state index contributed by atoms with van der Waals surface area (Å²) in [4.78, 5) is 23.2. The van der Waals surface area contributed by atoms with Crippen LogP contribution in [0.4, 0.5) is 0 Å². The van der Waals surface area contributed by atoms with E-state index < -0.39 is 5.97 Å². The quantitative estimate of drug-likeness (QED) is 0.801. The Kier molecular flexibility index (Phi) is 5.73. The molecule has 0 aliphatic heterocycles. The first-order valence-corrected chi connectivity index (χ1v) is 6.89. The lowest BCUT2D eigenvalue weighted by Gasteiger charge is -2.15. The fraction of sp³-hybridized carbons (Fsp3) is 0.643. The van der Waals surface area contributed by atoms with Gasteiger partial charge in [0.05, 0.1) is 6.20 Å². The number of hydrogen-bond donors (Lipinski definition) is 2. The topological polar surface area (TPSA) is 84.2 Å². The zero-order chi connectivity index (χ0) is 15.3. The number of hydrogen-bond acceptors (Lipinski definition) is 3. The summed E-state index contributed by atoms with van der Waals surface area (Å²) < 4.78 is 1.29. The van der Waals surface area contributed by atoms with E-state index in [9.17, 15) is 9.59 Å². The lowest BCUT2D eigenvalue weighted by Crippen LogP contribution is -2.34. The van der Waals surface area contributed by atoms with Gasteiger partial charge in [-0.1, -0.05) is 26.7 Å². The molecule has 112 valence electrons. The molecule has 0 aromatic carbocycles. The van der Waals surface area contributed by atoms with Crippen LogP contribution in [0, 0.1) is 5.92 Å². The molecule has 0 bridgehead atoms. The van der Waals surface area contributed by atoms with E-state index in [0.717, 1.165) is 19.3 Å². The summed E-state index contributed by atoms with van der Waals surface area (Å²) in [5, 5.41) is 15.7. The van der Waals surface area contributed by atoms with E-state index in [-0.39, 0.29) is 23.2 Å². The Bertz CT molecular complexity index is 480. The van der Waals surface area contributed by atoms with E-state index in [4.69, 9.17) is 5.11 Å². The average molecular weight is 281 g/mol. The monoisotopic (exact) mass is 281 g/mol. The zero-order valence-electron chi connectivity index (χ0n) is 12.5. The van der Waals surface area contributed by atoms with E-state index in [1.807, 2.05) is 6.92 Å². The molecule has 0 fully saturated rings. The van der Waals surface area contributed by atoms with Crippen molar-refractivity contribution in [2.24, 2.45) is 13.0 Å². The van der Waals surface area contributed by atoms with E-state index in [1.165, 1.54) is 10.9 Å². The van der Waals surface area contributed by atoms with Crippen LogP contribution in [0.15, 0.2) is 6.20 Å². The van der Waals surface area contributed by atoms with Gasteiger partial charge in [-0.25, -0.2) is 4.79 Å². The smallest absolute Gasteiger partial charge is 0.339 e. The molecule has 6 nitrogen and oxygen atoms in total. The predicted molar refractivity (Wildman–Crippen MR) is 75.8 cm³/mol. The molecule has 1 aromatic heterocycles. The van der Waals surface area contributed by atoms with Crippen LogP contribution in [0.2, 0.25) is 0 Å². The minimum Gasteiger partial charge on any atom is -0.478 e. The van der Waals surface area contributed by atoms with Crippen LogP contribution < -0.4 is 5.32 Å². The van der Waals surface area contributed by atoms with Crippen LogP contribution in [0.3, 0.4) is 0 Å². The standard InChI is InChI=1S/C14H23N3O3/c1-9(2)6-5-7-10(3)16-13(18)12-11(14(19)20)8-15-17(12)4/h8-10H,5-7H2,1-4H3,(H,16,18)(H,19,20)/t10-/m1/s1. The SMILES string of the molecule is CC(C)CCC[C@@H](C)NC(=O)c1c(C(=O)O)cnn1C. The molecule has 0 saturated heterocycles. The van der Waals surface area contributed by atoms with Gasteiger partial charge in [0, 0.05) is 13.1 Å². The molecule has 1 aromatic rings. The molecule has 1 atom stereocenters. The van der Waals surface area contributed by atoms with Crippen LogP contribution in [0.25, 0.3) is 0 Å². The van der Waals surface area contributed by atoms with Crippen LogP contribution in [-0.2, 0) is 7.05 Å². The predicted octanol–water partition coefficient (Wildman–Crippen LogP) is 2.06. The van der Waals surface area contributed by atoms with Crippen LogP contribution in [0.1, 0.15) is 60.9 Å². The third kappa shape index (κ3) is 4.36. The number of carbonyl (C=O) groups is 2. The largest absolute Gasteiger partial charge is 0.478 e. The van der Waals surface area contributed by atoms with Crippen molar-refractivity contribution in [3.05, 3.63) is 17.5 Å². The Balaban J connectivity index is 2.62. The lowest BCUT2D eigenvalue weighted by molar-refractivity contribution is 0.0690. The summed E-state index contributed by atoms with van der Waals surface area (Å²) in [6, 6.07) is 0.0118. The maximum Gasteiger partial charge on any atom is 0.339 e. The molecule has 20 heavy (non-hydrogen) atoms. The summed E-state index contributed by atoms with van der Waals surface area (Å²) in [5.74, 6) is -0.885. The van der Waals surface area contributed by atoms with Crippen molar-refractivity contribution in [1.82, 2.24) is 15.1 Å². The average Bonchev–Trinajstić information content (AvgIpc) is 2.70. The highest BCUT2D eigenvalue weighted by atomic mass is 16.4. The van der Waals surface area contributed by atoms with Crippen LogP contribution >= 0.6 is 0 Å². The maximum atomic E-state index is 12.1. The Morgan fingerprint density at radius 3 is 2.55 bits per heavy atom. The molecule has 0 aliphatic carbocycles. The second-order valence-corrected chi connectivity index (χ2v) is 5.53. The first-order chi connectivity index (χ1) is 9.32. The molecular weight excluding hydrogens is 258 g/mol. The number of nitrogens with zero attached hydrogens (tertiary/aromatic N) is 2. The summed E-state index contributed by atoms with van der Waals surface area (Å²) in [6.07, 6.45) is 4.23. The van der Waals surface area contributed by atoms with Crippen molar-refractivity contribution in [1.29, 1.82) is 0 Å². The zero-order valence-corrected chi connectivity index (χ0v) is 12.5. The minimum absolute atomic E-state index is 0.0118.